The van der Waals surface area contributed by atoms with E-state index >= 15 is 0 Å². The van der Waals surface area contributed by atoms with Gasteiger partial charge in [-0.05, 0) is 32.5 Å². The van der Waals surface area contributed by atoms with E-state index in [1.807, 2.05) is 18.2 Å². The quantitative estimate of drug-likeness (QED) is 0.761. The van der Waals surface area contributed by atoms with Gasteiger partial charge in [0.15, 0.2) is 0 Å². The number of aromatic nitrogens is 2. The number of nitrogens with zero attached hydrogens (tertiary/aromatic N) is 3. The van der Waals surface area contributed by atoms with Gasteiger partial charge in [0.2, 0.25) is 0 Å². The second kappa shape index (κ2) is 8.22. The number of rotatable bonds is 8. The van der Waals surface area contributed by atoms with Crippen LogP contribution in [0.1, 0.15) is 26.0 Å². The summed E-state index contributed by atoms with van der Waals surface area (Å²) in [6.45, 7) is 7.35. The Bertz CT molecular complexity index is 526. The number of pyridine rings is 1. The number of hydrogen-bond donors (Lipinski definition) is 1. The van der Waals surface area contributed by atoms with Crippen molar-refractivity contribution < 1.29 is 0 Å². The summed E-state index contributed by atoms with van der Waals surface area (Å²) < 4.78 is 0. The largest absolute Gasteiger partial charge is 0.310 e. The molecule has 0 aromatic carbocycles. The Balaban J connectivity index is 1.76. The molecule has 0 fully saturated rings. The highest BCUT2D eigenvalue weighted by molar-refractivity contribution is 7.13. The minimum Gasteiger partial charge on any atom is -0.310 e. The molecule has 0 radical (unpaired) electrons. The maximum absolute atomic E-state index is 4.63. The van der Waals surface area contributed by atoms with Crippen LogP contribution in [0.5, 0.6) is 0 Å². The lowest BCUT2D eigenvalue weighted by molar-refractivity contribution is 0.251. The number of nitrogens with one attached hydrogen (secondary N) is 1. The van der Waals surface area contributed by atoms with Crippen molar-refractivity contribution in [2.45, 2.75) is 32.9 Å². The van der Waals surface area contributed by atoms with E-state index in [1.54, 1.807) is 17.5 Å². The van der Waals surface area contributed by atoms with E-state index in [0.29, 0.717) is 6.04 Å². The standard InChI is InChI=1S/C16H24N4S/c1-4-13(2)20(3)10-9-17-11-14-12-21-16(19-14)15-7-5-6-8-18-15/h5-8,12-13,17H,4,9-11H2,1-3H3. The van der Waals surface area contributed by atoms with Crippen molar-refractivity contribution >= 4 is 11.3 Å². The molecule has 0 aliphatic rings. The molecule has 0 bridgehead atoms. The van der Waals surface area contributed by atoms with Gasteiger partial charge in [0, 0.05) is 37.3 Å². The molecule has 1 unspecified atom stereocenters. The second-order valence-corrected chi connectivity index (χ2v) is 6.13. The van der Waals surface area contributed by atoms with Gasteiger partial charge in [-0.3, -0.25) is 4.98 Å². The van der Waals surface area contributed by atoms with Crippen LogP contribution >= 0.6 is 11.3 Å². The third kappa shape index (κ3) is 4.88. The van der Waals surface area contributed by atoms with E-state index in [0.717, 1.165) is 36.0 Å². The fourth-order valence-electron chi connectivity index (χ4n) is 2.00. The zero-order chi connectivity index (χ0) is 15.1. The van der Waals surface area contributed by atoms with Crippen molar-refractivity contribution in [3.63, 3.8) is 0 Å². The van der Waals surface area contributed by atoms with E-state index in [9.17, 15) is 0 Å². The zero-order valence-electron chi connectivity index (χ0n) is 13.0. The first-order valence-electron chi connectivity index (χ1n) is 7.47. The van der Waals surface area contributed by atoms with Crippen LogP contribution in [0.2, 0.25) is 0 Å². The molecule has 0 amide bonds. The highest BCUT2D eigenvalue weighted by atomic mass is 32.1. The molecule has 114 valence electrons. The van der Waals surface area contributed by atoms with Crippen molar-refractivity contribution in [2.24, 2.45) is 0 Å². The Morgan fingerprint density at radius 1 is 1.38 bits per heavy atom. The summed E-state index contributed by atoms with van der Waals surface area (Å²) in [5.41, 5.74) is 2.04. The summed E-state index contributed by atoms with van der Waals surface area (Å²) in [4.78, 5) is 11.3. The highest BCUT2D eigenvalue weighted by Gasteiger charge is 2.07. The Morgan fingerprint density at radius 3 is 2.95 bits per heavy atom. The normalized spacial score (nSPS) is 12.8. The fraction of sp³-hybridized carbons (Fsp3) is 0.500. The van der Waals surface area contributed by atoms with Crippen LogP contribution in [-0.2, 0) is 6.54 Å². The van der Waals surface area contributed by atoms with Gasteiger partial charge in [-0.15, -0.1) is 11.3 Å². The minimum atomic E-state index is 0.641. The van der Waals surface area contributed by atoms with Crippen LogP contribution in [0.3, 0.4) is 0 Å². The predicted molar refractivity (Wildman–Crippen MR) is 89.4 cm³/mol. The average molecular weight is 304 g/mol. The molecular weight excluding hydrogens is 280 g/mol. The Labute approximate surface area is 131 Å². The van der Waals surface area contributed by atoms with Crippen LogP contribution in [0.15, 0.2) is 29.8 Å². The van der Waals surface area contributed by atoms with E-state index in [-0.39, 0.29) is 0 Å². The summed E-state index contributed by atoms with van der Waals surface area (Å²) in [6.07, 6.45) is 3.00. The molecule has 0 saturated carbocycles. The van der Waals surface area contributed by atoms with Crippen molar-refractivity contribution in [1.82, 2.24) is 20.2 Å². The first-order chi connectivity index (χ1) is 10.2. The minimum absolute atomic E-state index is 0.641. The van der Waals surface area contributed by atoms with E-state index in [4.69, 9.17) is 0 Å². The molecule has 0 aliphatic carbocycles. The van der Waals surface area contributed by atoms with Gasteiger partial charge in [-0.1, -0.05) is 13.0 Å². The summed E-state index contributed by atoms with van der Waals surface area (Å²) in [5, 5.41) is 6.55. The molecule has 1 N–H and O–H groups in total. The molecule has 0 aliphatic heterocycles. The fourth-order valence-corrected chi connectivity index (χ4v) is 2.79. The molecule has 5 heteroatoms. The molecular formula is C16H24N4S. The lowest BCUT2D eigenvalue weighted by Crippen LogP contribution is -2.34. The lowest BCUT2D eigenvalue weighted by atomic mass is 10.2. The van der Waals surface area contributed by atoms with Gasteiger partial charge in [0.05, 0.1) is 11.4 Å². The zero-order valence-corrected chi connectivity index (χ0v) is 13.9. The smallest absolute Gasteiger partial charge is 0.142 e. The van der Waals surface area contributed by atoms with Crippen LogP contribution in [0, 0.1) is 0 Å². The van der Waals surface area contributed by atoms with Crippen molar-refractivity contribution in [1.29, 1.82) is 0 Å². The summed E-state index contributed by atoms with van der Waals surface area (Å²) in [5.74, 6) is 0. The predicted octanol–water partition coefficient (Wildman–Crippen LogP) is 3.03. The van der Waals surface area contributed by atoms with Crippen LogP contribution < -0.4 is 5.32 Å². The molecule has 1 atom stereocenters. The van der Waals surface area contributed by atoms with Gasteiger partial charge >= 0.3 is 0 Å². The molecule has 0 saturated heterocycles. The maximum Gasteiger partial charge on any atom is 0.142 e. The van der Waals surface area contributed by atoms with Gasteiger partial charge in [0.1, 0.15) is 5.01 Å². The van der Waals surface area contributed by atoms with Crippen molar-refractivity contribution in [3.8, 4) is 10.7 Å². The number of hydrogen-bond acceptors (Lipinski definition) is 5. The Hall–Kier alpha value is -1.30. The SMILES string of the molecule is CCC(C)N(C)CCNCc1csc(-c2ccccn2)n1. The van der Waals surface area contributed by atoms with E-state index in [2.05, 4.69) is 46.5 Å². The van der Waals surface area contributed by atoms with Crippen LogP contribution in [0.4, 0.5) is 0 Å². The number of thiazole rings is 1. The summed E-state index contributed by atoms with van der Waals surface area (Å²) in [7, 11) is 2.18. The molecule has 2 rings (SSSR count). The van der Waals surface area contributed by atoms with Crippen molar-refractivity contribution in [3.05, 3.63) is 35.5 Å². The van der Waals surface area contributed by atoms with Gasteiger partial charge in [0.25, 0.3) is 0 Å². The topological polar surface area (TPSA) is 41.0 Å². The average Bonchev–Trinajstić information content (AvgIpc) is 3.00. The van der Waals surface area contributed by atoms with E-state index < -0.39 is 0 Å². The molecule has 4 nitrogen and oxygen atoms in total. The van der Waals surface area contributed by atoms with Crippen molar-refractivity contribution in [2.75, 3.05) is 20.1 Å². The molecule has 21 heavy (non-hydrogen) atoms. The van der Waals surface area contributed by atoms with Gasteiger partial charge in [-0.25, -0.2) is 4.98 Å². The number of likely N-dealkylation sites (N-methyl/N-ethyl adjacent to an activating group) is 1. The van der Waals surface area contributed by atoms with E-state index in [1.165, 1.54) is 6.42 Å². The molecule has 2 heterocycles. The summed E-state index contributed by atoms with van der Waals surface area (Å²) >= 11 is 1.65. The molecule has 2 aromatic rings. The third-order valence-corrected chi connectivity index (χ3v) is 4.64. The first kappa shape index (κ1) is 16.1. The maximum atomic E-state index is 4.63. The summed E-state index contributed by atoms with van der Waals surface area (Å²) in [6, 6.07) is 6.55. The van der Waals surface area contributed by atoms with Gasteiger partial charge < -0.3 is 10.2 Å². The second-order valence-electron chi connectivity index (χ2n) is 5.27. The van der Waals surface area contributed by atoms with Crippen LogP contribution in [-0.4, -0.2) is 41.0 Å². The van der Waals surface area contributed by atoms with Crippen LogP contribution in [0.25, 0.3) is 10.7 Å². The Kier molecular flexibility index (Phi) is 6.29. The molecule has 0 spiro atoms. The Morgan fingerprint density at radius 2 is 2.24 bits per heavy atom. The lowest BCUT2D eigenvalue weighted by Gasteiger charge is -2.23. The monoisotopic (exact) mass is 304 g/mol. The molecule has 2 aromatic heterocycles. The highest BCUT2D eigenvalue weighted by Crippen LogP contribution is 2.21. The first-order valence-corrected chi connectivity index (χ1v) is 8.35. The van der Waals surface area contributed by atoms with Gasteiger partial charge in [-0.2, -0.15) is 0 Å². The third-order valence-electron chi connectivity index (χ3n) is 3.73.